The molecule has 0 fully saturated rings. The lowest BCUT2D eigenvalue weighted by Crippen LogP contribution is -2.26. The zero-order chi connectivity index (χ0) is 11.0. The number of hydrogen-bond donors (Lipinski definition) is 0. The van der Waals surface area contributed by atoms with Crippen molar-refractivity contribution in [2.75, 3.05) is 6.61 Å². The van der Waals surface area contributed by atoms with Gasteiger partial charge in [0.15, 0.2) is 0 Å². The Labute approximate surface area is 85.1 Å². The third kappa shape index (κ3) is 4.80. The molecule has 0 bridgehead atoms. The van der Waals surface area contributed by atoms with Gasteiger partial charge in [-0.3, -0.25) is 0 Å². The first kappa shape index (κ1) is 12.9. The third-order valence-electron chi connectivity index (χ3n) is 2.10. The maximum absolute atomic E-state index is 10.8. The molecule has 0 aliphatic rings. The van der Waals surface area contributed by atoms with Crippen LogP contribution in [0.4, 0.5) is 0 Å². The molecule has 1 unspecified atom stereocenters. The van der Waals surface area contributed by atoms with Crippen LogP contribution in [-0.2, 0) is 14.3 Å². The van der Waals surface area contributed by atoms with E-state index in [-0.39, 0.29) is 6.61 Å². The predicted octanol–water partition coefficient (Wildman–Crippen LogP) is 2.11. The highest BCUT2D eigenvalue weighted by Crippen LogP contribution is 2.21. The summed E-state index contributed by atoms with van der Waals surface area (Å²) in [6.45, 7) is 7.28. The molecule has 1 atom stereocenters. The molecule has 0 rings (SSSR count). The van der Waals surface area contributed by atoms with E-state index in [1.807, 2.05) is 0 Å². The standard InChI is InChI=1S/C11H18O3/c1-4-6-7-11(3,8-12)9-14-10(13)5-2/h5,8H,2,4,6-7,9H2,1,3H3. The molecule has 14 heavy (non-hydrogen) atoms. The fourth-order valence-corrected chi connectivity index (χ4v) is 1.04. The summed E-state index contributed by atoms with van der Waals surface area (Å²) >= 11 is 0. The minimum absolute atomic E-state index is 0.140. The number of hydrogen-bond acceptors (Lipinski definition) is 3. The highest BCUT2D eigenvalue weighted by molar-refractivity contribution is 5.81. The lowest BCUT2D eigenvalue weighted by atomic mass is 9.87. The summed E-state index contributed by atoms with van der Waals surface area (Å²) in [5.74, 6) is -0.477. The van der Waals surface area contributed by atoms with Gasteiger partial charge in [0.1, 0.15) is 12.9 Å². The first-order chi connectivity index (χ1) is 6.58. The van der Waals surface area contributed by atoms with Crippen molar-refractivity contribution < 1.29 is 14.3 Å². The van der Waals surface area contributed by atoms with Gasteiger partial charge < -0.3 is 9.53 Å². The zero-order valence-electron chi connectivity index (χ0n) is 8.91. The summed E-state index contributed by atoms with van der Waals surface area (Å²) in [4.78, 5) is 21.6. The van der Waals surface area contributed by atoms with Crippen LogP contribution in [0.2, 0.25) is 0 Å². The van der Waals surface area contributed by atoms with E-state index < -0.39 is 11.4 Å². The minimum atomic E-state index is -0.547. The lowest BCUT2D eigenvalue weighted by molar-refractivity contribution is -0.142. The third-order valence-corrected chi connectivity index (χ3v) is 2.10. The van der Waals surface area contributed by atoms with Gasteiger partial charge in [0, 0.05) is 6.08 Å². The summed E-state index contributed by atoms with van der Waals surface area (Å²) in [5, 5.41) is 0. The van der Waals surface area contributed by atoms with E-state index in [0.29, 0.717) is 0 Å². The van der Waals surface area contributed by atoms with E-state index in [1.54, 1.807) is 6.92 Å². The number of ether oxygens (including phenoxy) is 1. The maximum atomic E-state index is 10.8. The molecule has 0 aliphatic carbocycles. The number of rotatable bonds is 7. The Kier molecular flexibility index (Phi) is 5.84. The average molecular weight is 198 g/mol. The van der Waals surface area contributed by atoms with Gasteiger partial charge in [-0.25, -0.2) is 4.79 Å². The Morgan fingerprint density at radius 1 is 1.57 bits per heavy atom. The molecule has 0 saturated carbocycles. The second-order valence-corrected chi connectivity index (χ2v) is 3.69. The molecule has 3 nitrogen and oxygen atoms in total. The summed E-state index contributed by atoms with van der Waals surface area (Å²) < 4.78 is 4.86. The molecule has 3 heteroatoms. The molecule has 0 aliphatic heterocycles. The van der Waals surface area contributed by atoms with Crippen molar-refractivity contribution in [1.82, 2.24) is 0 Å². The summed E-state index contributed by atoms with van der Waals surface area (Å²) in [6, 6.07) is 0. The van der Waals surface area contributed by atoms with Crippen LogP contribution in [0.25, 0.3) is 0 Å². The Bertz CT molecular complexity index is 211. The van der Waals surface area contributed by atoms with E-state index >= 15 is 0 Å². The SMILES string of the molecule is C=CC(=O)OCC(C)(C=O)CCCC. The van der Waals surface area contributed by atoms with Crippen LogP contribution in [0.15, 0.2) is 12.7 Å². The fourth-order valence-electron chi connectivity index (χ4n) is 1.04. The van der Waals surface area contributed by atoms with Gasteiger partial charge >= 0.3 is 5.97 Å². The summed E-state index contributed by atoms with van der Waals surface area (Å²) in [7, 11) is 0. The van der Waals surface area contributed by atoms with Crippen LogP contribution < -0.4 is 0 Å². The van der Waals surface area contributed by atoms with Gasteiger partial charge in [-0.05, 0) is 13.3 Å². The number of aldehydes is 1. The van der Waals surface area contributed by atoms with Gasteiger partial charge in [-0.15, -0.1) is 0 Å². The van der Waals surface area contributed by atoms with Gasteiger partial charge in [-0.2, -0.15) is 0 Å². The Morgan fingerprint density at radius 2 is 2.21 bits per heavy atom. The van der Waals surface area contributed by atoms with Crippen molar-refractivity contribution >= 4 is 12.3 Å². The lowest BCUT2D eigenvalue weighted by Gasteiger charge is -2.21. The fraction of sp³-hybridized carbons (Fsp3) is 0.636. The molecule has 80 valence electrons. The van der Waals surface area contributed by atoms with E-state index in [2.05, 4.69) is 13.5 Å². The van der Waals surface area contributed by atoms with Crippen molar-refractivity contribution in [3.8, 4) is 0 Å². The van der Waals surface area contributed by atoms with Gasteiger partial charge in [0.25, 0.3) is 0 Å². The van der Waals surface area contributed by atoms with Gasteiger partial charge in [-0.1, -0.05) is 26.3 Å². The minimum Gasteiger partial charge on any atom is -0.462 e. The number of carbonyl (C=O) groups is 2. The Morgan fingerprint density at radius 3 is 2.64 bits per heavy atom. The monoisotopic (exact) mass is 198 g/mol. The summed E-state index contributed by atoms with van der Waals surface area (Å²) in [5.41, 5.74) is -0.547. The number of unbranched alkanes of at least 4 members (excludes halogenated alkanes) is 1. The average Bonchev–Trinajstić information content (AvgIpc) is 2.23. The van der Waals surface area contributed by atoms with Crippen LogP contribution in [0.5, 0.6) is 0 Å². The van der Waals surface area contributed by atoms with E-state index in [9.17, 15) is 9.59 Å². The van der Waals surface area contributed by atoms with Crippen molar-refractivity contribution in [2.24, 2.45) is 5.41 Å². The van der Waals surface area contributed by atoms with Crippen molar-refractivity contribution in [2.45, 2.75) is 33.1 Å². The first-order valence-electron chi connectivity index (χ1n) is 4.83. The van der Waals surface area contributed by atoms with Crippen LogP contribution >= 0.6 is 0 Å². The highest BCUT2D eigenvalue weighted by Gasteiger charge is 2.24. The largest absolute Gasteiger partial charge is 0.462 e. The number of carbonyl (C=O) groups excluding carboxylic acids is 2. The van der Waals surface area contributed by atoms with Gasteiger partial charge in [0.2, 0.25) is 0 Å². The Balaban J connectivity index is 4.04. The van der Waals surface area contributed by atoms with Crippen LogP contribution in [-0.4, -0.2) is 18.9 Å². The molecule has 0 aromatic heterocycles. The quantitative estimate of drug-likeness (QED) is 0.357. The van der Waals surface area contributed by atoms with Crippen molar-refractivity contribution in [1.29, 1.82) is 0 Å². The van der Waals surface area contributed by atoms with Gasteiger partial charge in [0.05, 0.1) is 5.41 Å². The normalized spacial score (nSPS) is 14.1. The van der Waals surface area contributed by atoms with Crippen molar-refractivity contribution in [3.63, 3.8) is 0 Å². The molecule has 0 radical (unpaired) electrons. The van der Waals surface area contributed by atoms with Crippen LogP contribution in [0.1, 0.15) is 33.1 Å². The molecule has 0 amide bonds. The molecular weight excluding hydrogens is 180 g/mol. The van der Waals surface area contributed by atoms with E-state index in [4.69, 9.17) is 4.74 Å². The second-order valence-electron chi connectivity index (χ2n) is 3.69. The molecule has 0 aromatic carbocycles. The molecule has 0 aromatic rings. The van der Waals surface area contributed by atoms with E-state index in [0.717, 1.165) is 31.6 Å². The Hall–Kier alpha value is -1.12. The first-order valence-corrected chi connectivity index (χ1v) is 4.83. The maximum Gasteiger partial charge on any atom is 0.330 e. The number of esters is 1. The zero-order valence-corrected chi connectivity index (χ0v) is 8.91. The van der Waals surface area contributed by atoms with Crippen molar-refractivity contribution in [3.05, 3.63) is 12.7 Å². The molecule has 0 spiro atoms. The smallest absolute Gasteiger partial charge is 0.330 e. The molecule has 0 heterocycles. The molecule has 0 saturated heterocycles. The molecular formula is C11H18O3. The van der Waals surface area contributed by atoms with Crippen LogP contribution in [0.3, 0.4) is 0 Å². The summed E-state index contributed by atoms with van der Waals surface area (Å²) in [6.07, 6.45) is 4.70. The highest BCUT2D eigenvalue weighted by atomic mass is 16.5. The van der Waals surface area contributed by atoms with Crippen LogP contribution in [0, 0.1) is 5.41 Å². The second kappa shape index (κ2) is 6.35. The predicted molar refractivity (Wildman–Crippen MR) is 54.9 cm³/mol. The topological polar surface area (TPSA) is 43.4 Å². The van der Waals surface area contributed by atoms with E-state index in [1.165, 1.54) is 0 Å². The molecule has 0 N–H and O–H groups in total.